The summed E-state index contributed by atoms with van der Waals surface area (Å²) in [5.41, 5.74) is 2.56. The minimum Gasteiger partial charge on any atom is -0.380 e. The lowest BCUT2D eigenvalue weighted by Crippen LogP contribution is -2.36. The summed E-state index contributed by atoms with van der Waals surface area (Å²) in [6.45, 7) is 5.96. The van der Waals surface area contributed by atoms with E-state index in [-0.39, 0.29) is 5.91 Å². The van der Waals surface area contributed by atoms with E-state index in [0.717, 1.165) is 49.5 Å². The van der Waals surface area contributed by atoms with Crippen LogP contribution in [0.4, 0.5) is 0 Å². The molecule has 2 aliphatic rings. The largest absolute Gasteiger partial charge is 0.380 e. The molecule has 1 aliphatic heterocycles. The molecule has 1 aliphatic carbocycles. The Bertz CT molecular complexity index is 510. The number of amides is 1. The summed E-state index contributed by atoms with van der Waals surface area (Å²) in [7, 11) is 2.09. The number of likely N-dealkylation sites (N-methyl/N-ethyl adjacent to an activating group) is 1. The molecule has 2 heterocycles. The van der Waals surface area contributed by atoms with E-state index in [4.69, 9.17) is 4.74 Å². The Kier molecular flexibility index (Phi) is 4.26. The molecule has 1 aromatic rings. The zero-order valence-corrected chi connectivity index (χ0v) is 12.8. The van der Waals surface area contributed by atoms with Crippen molar-refractivity contribution in [3.8, 4) is 0 Å². The van der Waals surface area contributed by atoms with Gasteiger partial charge in [0.1, 0.15) is 0 Å². The Labute approximate surface area is 125 Å². The molecule has 6 heteroatoms. The first-order chi connectivity index (χ1) is 10.1. The van der Waals surface area contributed by atoms with Crippen molar-refractivity contribution >= 4 is 5.91 Å². The van der Waals surface area contributed by atoms with Crippen LogP contribution in [0.1, 0.15) is 40.5 Å². The van der Waals surface area contributed by atoms with Gasteiger partial charge in [0.25, 0.3) is 5.91 Å². The van der Waals surface area contributed by atoms with E-state index in [1.807, 2.05) is 6.92 Å². The quantitative estimate of drug-likeness (QED) is 0.865. The number of aromatic nitrogens is 2. The summed E-state index contributed by atoms with van der Waals surface area (Å²) >= 11 is 0. The maximum absolute atomic E-state index is 12.5. The summed E-state index contributed by atoms with van der Waals surface area (Å²) in [5, 5.41) is 10.3. The highest BCUT2D eigenvalue weighted by Crippen LogP contribution is 2.41. The highest BCUT2D eigenvalue weighted by atomic mass is 16.5. The van der Waals surface area contributed by atoms with Gasteiger partial charge in [-0.05, 0) is 26.8 Å². The highest BCUT2D eigenvalue weighted by Gasteiger charge is 2.32. The number of nitrogens with zero attached hydrogens (tertiary/aromatic N) is 2. The summed E-state index contributed by atoms with van der Waals surface area (Å²) in [6.07, 6.45) is 2.29. The van der Waals surface area contributed by atoms with E-state index < -0.39 is 0 Å². The average molecular weight is 292 g/mol. The van der Waals surface area contributed by atoms with Crippen LogP contribution in [0.2, 0.25) is 0 Å². The molecular formula is C15H24N4O2. The summed E-state index contributed by atoms with van der Waals surface area (Å²) in [6, 6.07) is 0. The fourth-order valence-corrected chi connectivity index (χ4v) is 2.89. The molecule has 0 spiro atoms. The molecule has 6 nitrogen and oxygen atoms in total. The van der Waals surface area contributed by atoms with Crippen LogP contribution in [0.15, 0.2) is 0 Å². The summed E-state index contributed by atoms with van der Waals surface area (Å²) in [4.78, 5) is 14.7. The topological polar surface area (TPSA) is 70.2 Å². The maximum atomic E-state index is 12.5. The fraction of sp³-hybridized carbons (Fsp3) is 0.733. The number of hydrogen-bond acceptors (Lipinski definition) is 4. The van der Waals surface area contributed by atoms with E-state index in [0.29, 0.717) is 25.0 Å². The smallest absolute Gasteiger partial charge is 0.255 e. The molecule has 1 amide bonds. The van der Waals surface area contributed by atoms with Crippen LogP contribution in [0.3, 0.4) is 0 Å². The number of rotatable bonds is 4. The monoisotopic (exact) mass is 292 g/mol. The van der Waals surface area contributed by atoms with Crippen LogP contribution < -0.4 is 5.32 Å². The standard InChI is InChI=1S/C15H24N4O2/c1-10-13(14(18-17-10)12-3-4-12)15(20)16-7-11-8-19(2)5-6-21-9-11/h11-12H,3-9H2,1-2H3,(H,16,20)(H,17,18). The molecule has 0 bridgehead atoms. The lowest BCUT2D eigenvalue weighted by atomic mass is 10.1. The third-order valence-corrected chi connectivity index (χ3v) is 4.26. The first-order valence-electron chi connectivity index (χ1n) is 7.74. The molecule has 1 atom stereocenters. The minimum absolute atomic E-state index is 0.00458. The Morgan fingerprint density at radius 2 is 2.33 bits per heavy atom. The number of aromatic amines is 1. The molecule has 116 valence electrons. The molecule has 1 aromatic heterocycles. The van der Waals surface area contributed by atoms with E-state index in [1.54, 1.807) is 0 Å². The SMILES string of the molecule is Cc1[nH]nc(C2CC2)c1C(=O)NCC1COCCN(C)C1. The van der Waals surface area contributed by atoms with Crippen molar-refractivity contribution in [2.24, 2.45) is 5.92 Å². The Balaban J connectivity index is 1.60. The molecule has 1 saturated carbocycles. The third-order valence-electron chi connectivity index (χ3n) is 4.26. The van der Waals surface area contributed by atoms with E-state index in [9.17, 15) is 4.79 Å². The fourth-order valence-electron chi connectivity index (χ4n) is 2.89. The van der Waals surface area contributed by atoms with Gasteiger partial charge in [0.2, 0.25) is 0 Å². The van der Waals surface area contributed by atoms with Gasteiger partial charge in [0.05, 0.1) is 24.5 Å². The molecule has 21 heavy (non-hydrogen) atoms. The first-order valence-corrected chi connectivity index (χ1v) is 7.74. The van der Waals surface area contributed by atoms with Gasteiger partial charge in [-0.1, -0.05) is 0 Å². The van der Waals surface area contributed by atoms with Crippen LogP contribution in [0, 0.1) is 12.8 Å². The van der Waals surface area contributed by atoms with E-state index >= 15 is 0 Å². The predicted molar refractivity (Wildman–Crippen MR) is 79.4 cm³/mol. The third kappa shape index (κ3) is 3.44. The van der Waals surface area contributed by atoms with Crippen LogP contribution in [0.25, 0.3) is 0 Å². The second kappa shape index (κ2) is 6.15. The number of hydrogen-bond donors (Lipinski definition) is 2. The first kappa shape index (κ1) is 14.5. The molecule has 0 radical (unpaired) electrons. The van der Waals surface area contributed by atoms with Gasteiger partial charge >= 0.3 is 0 Å². The zero-order chi connectivity index (χ0) is 14.8. The molecule has 0 aromatic carbocycles. The van der Waals surface area contributed by atoms with Crippen molar-refractivity contribution < 1.29 is 9.53 Å². The van der Waals surface area contributed by atoms with E-state index in [2.05, 4.69) is 27.5 Å². The summed E-state index contributed by atoms with van der Waals surface area (Å²) < 4.78 is 5.58. The van der Waals surface area contributed by atoms with Gasteiger partial charge in [-0.25, -0.2) is 0 Å². The number of nitrogens with one attached hydrogen (secondary N) is 2. The van der Waals surface area contributed by atoms with Crippen molar-refractivity contribution in [3.05, 3.63) is 17.0 Å². The Hall–Kier alpha value is -1.40. The second-order valence-corrected chi connectivity index (χ2v) is 6.30. The van der Waals surface area contributed by atoms with Crippen molar-refractivity contribution in [2.75, 3.05) is 39.9 Å². The minimum atomic E-state index is -0.00458. The lowest BCUT2D eigenvalue weighted by molar-refractivity contribution is 0.0920. The molecule has 2 fully saturated rings. The lowest BCUT2D eigenvalue weighted by Gasteiger charge is -2.19. The van der Waals surface area contributed by atoms with Gasteiger partial charge < -0.3 is 15.0 Å². The number of ether oxygens (including phenoxy) is 1. The van der Waals surface area contributed by atoms with Crippen molar-refractivity contribution in [1.29, 1.82) is 0 Å². The number of carbonyl (C=O) groups is 1. The van der Waals surface area contributed by atoms with Crippen LogP contribution >= 0.6 is 0 Å². The molecular weight excluding hydrogens is 268 g/mol. The maximum Gasteiger partial charge on any atom is 0.255 e. The van der Waals surface area contributed by atoms with Crippen LogP contribution in [-0.2, 0) is 4.74 Å². The van der Waals surface area contributed by atoms with Crippen LogP contribution in [-0.4, -0.2) is 60.9 Å². The summed E-state index contributed by atoms with van der Waals surface area (Å²) in [5.74, 6) is 0.816. The normalized spacial score (nSPS) is 23.8. The second-order valence-electron chi connectivity index (χ2n) is 6.30. The van der Waals surface area contributed by atoms with Crippen molar-refractivity contribution in [1.82, 2.24) is 20.4 Å². The highest BCUT2D eigenvalue weighted by molar-refractivity contribution is 5.96. The molecule has 2 N–H and O–H groups in total. The van der Waals surface area contributed by atoms with Gasteiger partial charge in [0.15, 0.2) is 0 Å². The Morgan fingerprint density at radius 3 is 3.10 bits per heavy atom. The van der Waals surface area contributed by atoms with Gasteiger partial charge in [0, 0.05) is 37.2 Å². The number of aryl methyl sites for hydroxylation is 1. The van der Waals surface area contributed by atoms with Crippen molar-refractivity contribution in [3.63, 3.8) is 0 Å². The average Bonchev–Trinajstić information content (AvgIpc) is 3.25. The van der Waals surface area contributed by atoms with Crippen LogP contribution in [0.5, 0.6) is 0 Å². The molecule has 3 rings (SSSR count). The van der Waals surface area contributed by atoms with Gasteiger partial charge in [-0.15, -0.1) is 0 Å². The van der Waals surface area contributed by atoms with Crippen molar-refractivity contribution in [2.45, 2.75) is 25.7 Å². The molecule has 1 saturated heterocycles. The van der Waals surface area contributed by atoms with Gasteiger partial charge in [-0.2, -0.15) is 5.10 Å². The van der Waals surface area contributed by atoms with E-state index in [1.165, 1.54) is 0 Å². The van der Waals surface area contributed by atoms with Gasteiger partial charge in [-0.3, -0.25) is 9.89 Å². The number of H-pyrrole nitrogens is 1. The number of carbonyl (C=O) groups excluding carboxylic acids is 1. The Morgan fingerprint density at radius 1 is 1.52 bits per heavy atom. The predicted octanol–water partition coefficient (Wildman–Crippen LogP) is 0.904. The molecule has 1 unspecified atom stereocenters. The zero-order valence-electron chi connectivity index (χ0n) is 12.8.